The molecule has 0 aliphatic carbocycles. The van der Waals surface area contributed by atoms with E-state index in [4.69, 9.17) is 0 Å². The van der Waals surface area contributed by atoms with Crippen LogP contribution in [0.4, 0.5) is 4.39 Å². The molecule has 2 unspecified atom stereocenters. The van der Waals surface area contributed by atoms with Crippen molar-refractivity contribution in [1.82, 2.24) is 9.88 Å². The SMILES string of the molecule is CC(O)C1CCN(C(=O)c2ccnc(F)c2)C1. The van der Waals surface area contributed by atoms with E-state index >= 15 is 0 Å². The Morgan fingerprint density at radius 3 is 3.06 bits per heavy atom. The predicted molar refractivity (Wildman–Crippen MR) is 59.9 cm³/mol. The number of hydrogen-bond donors (Lipinski definition) is 1. The third kappa shape index (κ3) is 2.61. The molecule has 1 aromatic heterocycles. The van der Waals surface area contributed by atoms with Gasteiger partial charge in [-0.3, -0.25) is 4.79 Å². The molecule has 1 saturated heterocycles. The minimum atomic E-state index is -0.651. The van der Waals surface area contributed by atoms with Crippen molar-refractivity contribution in [3.63, 3.8) is 0 Å². The highest BCUT2D eigenvalue weighted by Crippen LogP contribution is 2.21. The number of aliphatic hydroxyl groups is 1. The summed E-state index contributed by atoms with van der Waals surface area (Å²) in [5, 5.41) is 9.46. The van der Waals surface area contributed by atoms with Crippen LogP contribution >= 0.6 is 0 Å². The number of hydrogen-bond acceptors (Lipinski definition) is 3. The lowest BCUT2D eigenvalue weighted by molar-refractivity contribution is 0.0761. The van der Waals surface area contributed by atoms with Gasteiger partial charge in [-0.15, -0.1) is 0 Å². The number of pyridine rings is 1. The fourth-order valence-electron chi connectivity index (χ4n) is 2.08. The Hall–Kier alpha value is -1.49. The fraction of sp³-hybridized carbons (Fsp3) is 0.500. The van der Waals surface area contributed by atoms with Crippen molar-refractivity contribution in [2.45, 2.75) is 19.4 Å². The van der Waals surface area contributed by atoms with Crippen molar-refractivity contribution >= 4 is 5.91 Å². The highest BCUT2D eigenvalue weighted by molar-refractivity contribution is 5.94. The molecule has 4 nitrogen and oxygen atoms in total. The van der Waals surface area contributed by atoms with E-state index < -0.39 is 12.1 Å². The van der Waals surface area contributed by atoms with Gasteiger partial charge in [-0.1, -0.05) is 0 Å². The summed E-state index contributed by atoms with van der Waals surface area (Å²) in [7, 11) is 0. The third-order valence-corrected chi connectivity index (χ3v) is 3.17. The zero-order valence-corrected chi connectivity index (χ0v) is 9.64. The topological polar surface area (TPSA) is 53.4 Å². The molecule has 17 heavy (non-hydrogen) atoms. The van der Waals surface area contributed by atoms with Crippen molar-refractivity contribution in [1.29, 1.82) is 0 Å². The van der Waals surface area contributed by atoms with Gasteiger partial charge in [0, 0.05) is 36.8 Å². The number of likely N-dealkylation sites (tertiary alicyclic amines) is 1. The highest BCUT2D eigenvalue weighted by Gasteiger charge is 2.29. The minimum absolute atomic E-state index is 0.116. The van der Waals surface area contributed by atoms with Gasteiger partial charge in [-0.25, -0.2) is 4.98 Å². The lowest BCUT2D eigenvalue weighted by Crippen LogP contribution is -2.30. The molecule has 0 spiro atoms. The van der Waals surface area contributed by atoms with Crippen LogP contribution in [0.3, 0.4) is 0 Å². The van der Waals surface area contributed by atoms with E-state index in [1.807, 2.05) is 0 Å². The average Bonchev–Trinajstić information content (AvgIpc) is 2.77. The molecule has 1 aromatic rings. The molecule has 1 aliphatic rings. The normalized spacial score (nSPS) is 21.6. The lowest BCUT2D eigenvalue weighted by Gasteiger charge is -2.17. The van der Waals surface area contributed by atoms with Gasteiger partial charge in [0.05, 0.1) is 6.10 Å². The molecule has 0 aromatic carbocycles. The number of aliphatic hydroxyl groups excluding tert-OH is 1. The van der Waals surface area contributed by atoms with Crippen LogP contribution in [0.15, 0.2) is 18.3 Å². The van der Waals surface area contributed by atoms with Crippen LogP contribution in [0.1, 0.15) is 23.7 Å². The van der Waals surface area contributed by atoms with Gasteiger partial charge in [-0.2, -0.15) is 4.39 Å². The number of carbonyl (C=O) groups is 1. The maximum Gasteiger partial charge on any atom is 0.254 e. The quantitative estimate of drug-likeness (QED) is 0.784. The second kappa shape index (κ2) is 4.79. The fourth-order valence-corrected chi connectivity index (χ4v) is 2.08. The first kappa shape index (κ1) is 12.0. The summed E-state index contributed by atoms with van der Waals surface area (Å²) < 4.78 is 12.9. The molecule has 1 amide bonds. The first-order chi connectivity index (χ1) is 8.08. The van der Waals surface area contributed by atoms with Crippen LogP contribution in [0.25, 0.3) is 0 Å². The number of halogens is 1. The number of carbonyl (C=O) groups excluding carboxylic acids is 1. The van der Waals surface area contributed by atoms with Crippen molar-refractivity contribution in [2.75, 3.05) is 13.1 Å². The number of nitrogens with zero attached hydrogens (tertiary/aromatic N) is 2. The van der Waals surface area contributed by atoms with E-state index in [0.29, 0.717) is 18.7 Å². The monoisotopic (exact) mass is 238 g/mol. The summed E-state index contributed by atoms with van der Waals surface area (Å²) in [5.74, 6) is -0.734. The van der Waals surface area contributed by atoms with Crippen molar-refractivity contribution in [3.05, 3.63) is 29.8 Å². The summed E-state index contributed by atoms with van der Waals surface area (Å²) >= 11 is 0. The highest BCUT2D eigenvalue weighted by atomic mass is 19.1. The smallest absolute Gasteiger partial charge is 0.254 e. The molecule has 1 aliphatic heterocycles. The van der Waals surface area contributed by atoms with E-state index in [9.17, 15) is 14.3 Å². The first-order valence-corrected chi connectivity index (χ1v) is 5.67. The van der Waals surface area contributed by atoms with Gasteiger partial charge in [0.2, 0.25) is 5.95 Å². The van der Waals surface area contributed by atoms with Gasteiger partial charge in [0.15, 0.2) is 0 Å². The Morgan fingerprint density at radius 1 is 1.71 bits per heavy atom. The summed E-state index contributed by atoms with van der Waals surface area (Å²) in [6, 6.07) is 2.64. The van der Waals surface area contributed by atoms with Gasteiger partial charge < -0.3 is 10.0 Å². The Kier molecular flexibility index (Phi) is 3.38. The molecule has 2 atom stereocenters. The zero-order valence-electron chi connectivity index (χ0n) is 9.64. The molecule has 92 valence electrons. The average molecular weight is 238 g/mol. The predicted octanol–water partition coefficient (Wildman–Crippen LogP) is 1.06. The Labute approximate surface area is 99.1 Å². The van der Waals surface area contributed by atoms with Gasteiger partial charge in [-0.05, 0) is 19.4 Å². The zero-order chi connectivity index (χ0) is 12.4. The van der Waals surface area contributed by atoms with Crippen LogP contribution in [0, 0.1) is 11.9 Å². The Balaban J connectivity index is 2.07. The Bertz CT molecular complexity index is 423. The standard InChI is InChI=1S/C12H15FN2O2/c1-8(16)10-3-5-15(7-10)12(17)9-2-4-14-11(13)6-9/h2,4,6,8,10,16H,3,5,7H2,1H3. The van der Waals surface area contributed by atoms with Gasteiger partial charge in [0.1, 0.15) is 0 Å². The third-order valence-electron chi connectivity index (χ3n) is 3.17. The van der Waals surface area contributed by atoms with E-state index in [-0.39, 0.29) is 11.8 Å². The number of aromatic nitrogens is 1. The molecule has 1 fully saturated rings. The van der Waals surface area contributed by atoms with Crippen molar-refractivity contribution in [2.24, 2.45) is 5.92 Å². The van der Waals surface area contributed by atoms with E-state index in [0.717, 1.165) is 12.5 Å². The van der Waals surface area contributed by atoms with E-state index in [1.165, 1.54) is 12.3 Å². The van der Waals surface area contributed by atoms with Gasteiger partial charge in [0.25, 0.3) is 5.91 Å². The molecule has 2 rings (SSSR count). The molecule has 0 saturated carbocycles. The number of rotatable bonds is 2. The van der Waals surface area contributed by atoms with Crippen LogP contribution in [-0.2, 0) is 0 Å². The molecular weight excluding hydrogens is 223 g/mol. The Morgan fingerprint density at radius 2 is 2.47 bits per heavy atom. The molecule has 0 bridgehead atoms. The first-order valence-electron chi connectivity index (χ1n) is 5.67. The van der Waals surface area contributed by atoms with Crippen LogP contribution in [0.2, 0.25) is 0 Å². The van der Waals surface area contributed by atoms with Crippen LogP contribution in [-0.4, -0.2) is 40.1 Å². The summed E-state index contributed by atoms with van der Waals surface area (Å²) in [6.45, 7) is 2.86. The number of amides is 1. The summed E-state index contributed by atoms with van der Waals surface area (Å²) in [6.07, 6.45) is 1.66. The largest absolute Gasteiger partial charge is 0.393 e. The lowest BCUT2D eigenvalue weighted by atomic mass is 10.0. The molecule has 2 heterocycles. The maximum atomic E-state index is 12.9. The second-order valence-electron chi connectivity index (χ2n) is 4.41. The summed E-state index contributed by atoms with van der Waals surface area (Å²) in [5.41, 5.74) is 0.309. The molecule has 0 radical (unpaired) electrons. The second-order valence-corrected chi connectivity index (χ2v) is 4.41. The van der Waals surface area contributed by atoms with E-state index in [1.54, 1.807) is 11.8 Å². The molecular formula is C12H15FN2O2. The van der Waals surface area contributed by atoms with Crippen molar-refractivity contribution < 1.29 is 14.3 Å². The molecule has 5 heteroatoms. The van der Waals surface area contributed by atoms with E-state index in [2.05, 4.69) is 4.98 Å². The summed E-state index contributed by atoms with van der Waals surface area (Å²) in [4.78, 5) is 17.1. The molecule has 1 N–H and O–H groups in total. The minimum Gasteiger partial charge on any atom is -0.393 e. The van der Waals surface area contributed by atoms with Crippen LogP contribution in [0.5, 0.6) is 0 Å². The van der Waals surface area contributed by atoms with Gasteiger partial charge >= 0.3 is 0 Å². The van der Waals surface area contributed by atoms with Crippen molar-refractivity contribution in [3.8, 4) is 0 Å². The van der Waals surface area contributed by atoms with Crippen LogP contribution < -0.4 is 0 Å². The maximum absolute atomic E-state index is 12.9.